The van der Waals surface area contributed by atoms with Crippen LogP contribution in [-0.2, 0) is 11.8 Å². The van der Waals surface area contributed by atoms with E-state index >= 15 is 0 Å². The molecule has 44 heavy (non-hydrogen) atoms. The normalized spacial score (nSPS) is 13.5. The molecule has 1 heterocycles. The maximum absolute atomic E-state index is 2.51. The predicted molar refractivity (Wildman–Crippen MR) is 194 cm³/mol. The SMILES string of the molecule is CCCCc1ccc(N2c3ccc(C(=CC(C)(C)CCC)c4ccccc4)cc3Sc3cc(C(C)(C)CCC)ccc32)cc1. The molecule has 0 bridgehead atoms. The number of unbranched alkanes of at least 4 members (excludes halogenated alkanes) is 1. The summed E-state index contributed by atoms with van der Waals surface area (Å²) in [6, 6.07) is 34.5. The van der Waals surface area contributed by atoms with Gasteiger partial charge in [0.1, 0.15) is 0 Å². The molecule has 1 aliphatic rings. The zero-order valence-corrected chi connectivity index (χ0v) is 28.9. The van der Waals surface area contributed by atoms with E-state index in [1.54, 1.807) is 0 Å². The van der Waals surface area contributed by atoms with Gasteiger partial charge in [0, 0.05) is 15.5 Å². The van der Waals surface area contributed by atoms with Gasteiger partial charge in [-0.3, -0.25) is 0 Å². The van der Waals surface area contributed by atoms with Crippen LogP contribution in [0.15, 0.2) is 107 Å². The van der Waals surface area contributed by atoms with Gasteiger partial charge in [0.15, 0.2) is 0 Å². The molecular formula is C42H51NS. The largest absolute Gasteiger partial charge is 0.308 e. The second-order valence-electron chi connectivity index (χ2n) is 13.9. The summed E-state index contributed by atoms with van der Waals surface area (Å²) in [7, 11) is 0. The van der Waals surface area contributed by atoms with E-state index in [9.17, 15) is 0 Å². The molecule has 0 N–H and O–H groups in total. The lowest BCUT2D eigenvalue weighted by Gasteiger charge is -2.35. The van der Waals surface area contributed by atoms with Crippen LogP contribution in [-0.4, -0.2) is 0 Å². The predicted octanol–water partition coefficient (Wildman–Crippen LogP) is 13.3. The van der Waals surface area contributed by atoms with Gasteiger partial charge in [-0.05, 0) is 101 Å². The molecule has 0 aromatic heterocycles. The van der Waals surface area contributed by atoms with Crippen molar-refractivity contribution in [2.45, 2.75) is 109 Å². The van der Waals surface area contributed by atoms with Crippen LogP contribution >= 0.6 is 11.8 Å². The molecule has 1 aliphatic heterocycles. The Morgan fingerprint density at radius 3 is 2.00 bits per heavy atom. The lowest BCUT2D eigenvalue weighted by Crippen LogP contribution is -2.19. The summed E-state index contributed by atoms with van der Waals surface area (Å²) >= 11 is 1.93. The third-order valence-corrected chi connectivity index (χ3v) is 10.2. The summed E-state index contributed by atoms with van der Waals surface area (Å²) in [4.78, 5) is 5.13. The Balaban J connectivity index is 1.65. The number of aryl methyl sites for hydroxylation is 1. The van der Waals surface area contributed by atoms with Crippen molar-refractivity contribution in [2.75, 3.05) is 4.90 Å². The molecule has 1 nitrogen and oxygen atoms in total. The summed E-state index contributed by atoms with van der Waals surface area (Å²) < 4.78 is 0. The zero-order chi connectivity index (χ0) is 31.3. The van der Waals surface area contributed by atoms with Gasteiger partial charge >= 0.3 is 0 Å². The van der Waals surface area contributed by atoms with Crippen molar-refractivity contribution in [1.82, 2.24) is 0 Å². The maximum Gasteiger partial charge on any atom is 0.0602 e. The van der Waals surface area contributed by atoms with E-state index in [-0.39, 0.29) is 10.8 Å². The molecule has 0 unspecified atom stereocenters. The second kappa shape index (κ2) is 13.8. The van der Waals surface area contributed by atoms with Crippen LogP contribution in [0.1, 0.15) is 109 Å². The van der Waals surface area contributed by atoms with E-state index in [0.29, 0.717) is 0 Å². The van der Waals surface area contributed by atoms with E-state index in [0.717, 1.165) is 12.8 Å². The first kappa shape index (κ1) is 32.2. The summed E-state index contributed by atoms with van der Waals surface area (Å²) in [5, 5.41) is 0. The fourth-order valence-corrected chi connectivity index (χ4v) is 7.83. The molecule has 0 amide bonds. The number of fused-ring (bicyclic) bond motifs is 2. The van der Waals surface area contributed by atoms with Gasteiger partial charge in [-0.25, -0.2) is 0 Å². The Kier molecular flexibility index (Phi) is 10.1. The third-order valence-electron chi connectivity index (χ3n) is 9.12. The first-order valence-corrected chi connectivity index (χ1v) is 17.6. The van der Waals surface area contributed by atoms with Crippen molar-refractivity contribution in [3.63, 3.8) is 0 Å². The molecule has 4 aromatic rings. The highest BCUT2D eigenvalue weighted by molar-refractivity contribution is 7.99. The lowest BCUT2D eigenvalue weighted by molar-refractivity contribution is 0.433. The smallest absolute Gasteiger partial charge is 0.0602 e. The van der Waals surface area contributed by atoms with Crippen molar-refractivity contribution in [1.29, 1.82) is 0 Å². The molecule has 0 atom stereocenters. The molecule has 4 aromatic carbocycles. The summed E-state index contributed by atoms with van der Waals surface area (Å²) in [6.45, 7) is 16.4. The molecule has 0 spiro atoms. The van der Waals surface area contributed by atoms with E-state index in [1.165, 1.54) is 86.8 Å². The van der Waals surface area contributed by atoms with Crippen LogP contribution in [0.5, 0.6) is 0 Å². The highest BCUT2D eigenvalue weighted by Gasteiger charge is 2.29. The fraction of sp³-hybridized carbons (Fsp3) is 0.381. The number of hydrogen-bond donors (Lipinski definition) is 0. The number of nitrogens with zero attached hydrogens (tertiary/aromatic N) is 1. The van der Waals surface area contributed by atoms with Crippen LogP contribution in [0, 0.1) is 5.41 Å². The van der Waals surface area contributed by atoms with Crippen LogP contribution < -0.4 is 4.90 Å². The molecule has 0 radical (unpaired) electrons. The van der Waals surface area contributed by atoms with Gasteiger partial charge in [0.25, 0.3) is 0 Å². The average Bonchev–Trinajstić information content (AvgIpc) is 3.01. The Labute approximate surface area is 271 Å². The van der Waals surface area contributed by atoms with Gasteiger partial charge in [0.2, 0.25) is 0 Å². The standard InChI is InChI=1S/C42H51NS/c1-8-11-15-31-18-22-35(23-19-31)43-37-24-20-33(36(30-41(4,5)26-9-2)32-16-13-12-14-17-32)28-39(37)44-40-29-34(21-25-38(40)43)42(6,7)27-10-3/h12-14,16-25,28-30H,8-11,15,26-27H2,1-7H3. The Morgan fingerprint density at radius 2 is 1.34 bits per heavy atom. The highest BCUT2D eigenvalue weighted by atomic mass is 32.2. The summed E-state index contributed by atoms with van der Waals surface area (Å²) in [5.41, 5.74) is 10.7. The molecule has 2 heteroatoms. The molecular weight excluding hydrogens is 551 g/mol. The third kappa shape index (κ3) is 7.18. The van der Waals surface area contributed by atoms with Crippen LogP contribution in [0.25, 0.3) is 5.57 Å². The summed E-state index contributed by atoms with van der Waals surface area (Å²) in [6.07, 6.45) is 10.8. The minimum absolute atomic E-state index is 0.112. The summed E-state index contributed by atoms with van der Waals surface area (Å²) in [5.74, 6) is 0. The number of benzene rings is 4. The first-order chi connectivity index (χ1) is 21.2. The van der Waals surface area contributed by atoms with Crippen molar-refractivity contribution >= 4 is 34.4 Å². The minimum Gasteiger partial charge on any atom is -0.308 e. The van der Waals surface area contributed by atoms with Crippen molar-refractivity contribution < 1.29 is 0 Å². The maximum atomic E-state index is 2.51. The van der Waals surface area contributed by atoms with Crippen LogP contribution in [0.2, 0.25) is 0 Å². The highest BCUT2D eigenvalue weighted by Crippen LogP contribution is 2.53. The first-order valence-electron chi connectivity index (χ1n) is 16.8. The topological polar surface area (TPSA) is 3.24 Å². The van der Waals surface area contributed by atoms with Crippen molar-refractivity contribution in [2.24, 2.45) is 5.41 Å². The van der Waals surface area contributed by atoms with Gasteiger partial charge < -0.3 is 4.90 Å². The number of hydrogen-bond acceptors (Lipinski definition) is 2. The molecule has 230 valence electrons. The monoisotopic (exact) mass is 601 g/mol. The van der Waals surface area contributed by atoms with E-state index < -0.39 is 0 Å². The van der Waals surface area contributed by atoms with E-state index in [1.807, 2.05) is 11.8 Å². The van der Waals surface area contributed by atoms with Crippen LogP contribution in [0.4, 0.5) is 17.1 Å². The second-order valence-corrected chi connectivity index (χ2v) is 15.0. The Morgan fingerprint density at radius 1 is 0.682 bits per heavy atom. The van der Waals surface area contributed by atoms with Crippen molar-refractivity contribution in [3.05, 3.63) is 119 Å². The lowest BCUT2D eigenvalue weighted by atomic mass is 9.80. The van der Waals surface area contributed by atoms with Gasteiger partial charge in [-0.1, -0.05) is 140 Å². The molecule has 0 fully saturated rings. The molecule has 0 saturated carbocycles. The molecule has 0 saturated heterocycles. The van der Waals surface area contributed by atoms with Gasteiger partial charge in [-0.2, -0.15) is 0 Å². The van der Waals surface area contributed by atoms with Gasteiger partial charge in [-0.15, -0.1) is 0 Å². The zero-order valence-electron chi connectivity index (χ0n) is 28.0. The Bertz CT molecular complexity index is 1580. The van der Waals surface area contributed by atoms with E-state index in [4.69, 9.17) is 0 Å². The van der Waals surface area contributed by atoms with Crippen LogP contribution in [0.3, 0.4) is 0 Å². The van der Waals surface area contributed by atoms with E-state index in [2.05, 4.69) is 150 Å². The minimum atomic E-state index is 0.112. The van der Waals surface area contributed by atoms with Gasteiger partial charge in [0.05, 0.1) is 11.4 Å². The quantitative estimate of drug-likeness (QED) is 0.140. The van der Waals surface area contributed by atoms with Crippen molar-refractivity contribution in [3.8, 4) is 0 Å². The molecule has 5 rings (SSSR count). The number of allylic oxidation sites excluding steroid dienone is 1. The Hall–Kier alpha value is -3.23. The number of rotatable bonds is 12. The molecule has 0 aliphatic carbocycles. The average molecular weight is 602 g/mol. The number of anilines is 3. The fourth-order valence-electron chi connectivity index (χ4n) is 6.70.